The minimum Gasteiger partial charge on any atom is -0.466 e. The first-order valence-electron chi connectivity index (χ1n) is 11.9. The van der Waals surface area contributed by atoms with Crippen LogP contribution in [0.25, 0.3) is 0 Å². The number of carbonyl (C=O) groups is 1. The van der Waals surface area contributed by atoms with Crippen molar-refractivity contribution >= 4 is 5.97 Å². The van der Waals surface area contributed by atoms with E-state index in [1.165, 1.54) is 5.56 Å². The van der Waals surface area contributed by atoms with Crippen LogP contribution in [0, 0.1) is 11.8 Å². The van der Waals surface area contributed by atoms with Crippen LogP contribution in [0.5, 0.6) is 0 Å². The second-order valence-corrected chi connectivity index (χ2v) is 8.77. The molecule has 31 heavy (non-hydrogen) atoms. The lowest BCUT2D eigenvalue weighted by molar-refractivity contribution is -0.143. The highest BCUT2D eigenvalue weighted by molar-refractivity contribution is 5.69. The van der Waals surface area contributed by atoms with E-state index in [9.17, 15) is 20.1 Å². The molecule has 0 spiro atoms. The lowest BCUT2D eigenvalue weighted by Crippen LogP contribution is -2.23. The van der Waals surface area contributed by atoms with E-state index in [0.29, 0.717) is 38.7 Å². The first-order chi connectivity index (χ1) is 15.0. The van der Waals surface area contributed by atoms with E-state index in [1.807, 2.05) is 25.1 Å². The maximum absolute atomic E-state index is 11.5. The number of aliphatic hydroxyl groups excluding tert-OH is 3. The highest BCUT2D eigenvalue weighted by Crippen LogP contribution is 2.38. The number of aliphatic hydroxyl groups is 3. The minimum absolute atomic E-state index is 0.00930. The van der Waals surface area contributed by atoms with Crippen molar-refractivity contribution in [3.63, 3.8) is 0 Å². The molecule has 1 saturated carbocycles. The summed E-state index contributed by atoms with van der Waals surface area (Å²) in [5, 5.41) is 31.2. The molecule has 5 nitrogen and oxygen atoms in total. The summed E-state index contributed by atoms with van der Waals surface area (Å²) < 4.78 is 5.06. The second kappa shape index (κ2) is 14.4. The monoisotopic (exact) mass is 432 g/mol. The van der Waals surface area contributed by atoms with Gasteiger partial charge in [-0.3, -0.25) is 4.79 Å². The zero-order valence-corrected chi connectivity index (χ0v) is 18.9. The molecule has 0 bridgehead atoms. The molecule has 0 radical (unpaired) electrons. The summed E-state index contributed by atoms with van der Waals surface area (Å²) in [6.07, 6.45) is 9.56. The zero-order chi connectivity index (χ0) is 22.5. The molecule has 174 valence electrons. The molecule has 1 aliphatic rings. The van der Waals surface area contributed by atoms with Crippen molar-refractivity contribution in [1.29, 1.82) is 0 Å². The zero-order valence-electron chi connectivity index (χ0n) is 18.9. The van der Waals surface area contributed by atoms with Gasteiger partial charge in [-0.05, 0) is 75.2 Å². The molecular weight excluding hydrogens is 392 g/mol. The Bertz CT molecular complexity index is 644. The van der Waals surface area contributed by atoms with Gasteiger partial charge in [-0.25, -0.2) is 0 Å². The normalized spacial score (nSPS) is 24.5. The molecule has 1 aromatic carbocycles. The van der Waals surface area contributed by atoms with Crippen LogP contribution in [0.1, 0.15) is 70.3 Å². The van der Waals surface area contributed by atoms with Crippen molar-refractivity contribution in [2.24, 2.45) is 11.8 Å². The summed E-state index contributed by atoms with van der Waals surface area (Å²) in [6, 6.07) is 10.1. The van der Waals surface area contributed by atoms with Gasteiger partial charge in [0.05, 0.1) is 24.9 Å². The predicted octanol–water partition coefficient (Wildman–Crippen LogP) is 4.19. The third kappa shape index (κ3) is 9.55. The van der Waals surface area contributed by atoms with E-state index in [1.54, 1.807) is 0 Å². The number of aryl methyl sites for hydroxylation is 1. The van der Waals surface area contributed by atoms with Gasteiger partial charge < -0.3 is 20.1 Å². The Labute approximate surface area is 187 Å². The average Bonchev–Trinajstić information content (AvgIpc) is 3.04. The number of ether oxygens (including phenoxy) is 1. The molecule has 3 N–H and O–H groups in total. The summed E-state index contributed by atoms with van der Waals surface area (Å²) in [4.78, 5) is 11.5. The fourth-order valence-corrected chi connectivity index (χ4v) is 4.44. The maximum atomic E-state index is 11.5. The summed E-state index contributed by atoms with van der Waals surface area (Å²) in [6.45, 7) is 2.46. The standard InChI is InChI=1S/C26H40O5/c1-2-18-31-26(30)13-9-4-3-8-12-22-23(25(29)19-24(22)28)17-16-21(27)15-14-20-10-6-5-7-11-20/h3,5-8,10-11,21-25,27-29H,2,4,9,12-19H2,1H3/b8-3+/t21-,22-,23-,24+,25-/m1/s1. The SMILES string of the molecule is CCCOC(=O)CCC/C=C/C[C@@H]1[C@@H](CC[C@H](O)CCc2ccccc2)[C@H](O)C[C@@H]1O. The number of carbonyl (C=O) groups excluding carboxylic acids is 1. The van der Waals surface area contributed by atoms with Gasteiger partial charge in [0, 0.05) is 6.42 Å². The average molecular weight is 433 g/mol. The highest BCUT2D eigenvalue weighted by atomic mass is 16.5. The van der Waals surface area contributed by atoms with Crippen molar-refractivity contribution in [3.8, 4) is 0 Å². The van der Waals surface area contributed by atoms with Gasteiger partial charge in [-0.2, -0.15) is 0 Å². The highest BCUT2D eigenvalue weighted by Gasteiger charge is 2.40. The Morgan fingerprint density at radius 2 is 1.87 bits per heavy atom. The van der Waals surface area contributed by atoms with Crippen LogP contribution in [0.3, 0.4) is 0 Å². The third-order valence-corrected chi connectivity index (χ3v) is 6.26. The molecule has 5 heteroatoms. The molecular formula is C26H40O5. The van der Waals surface area contributed by atoms with Crippen LogP contribution in [0.2, 0.25) is 0 Å². The van der Waals surface area contributed by atoms with E-state index in [4.69, 9.17) is 4.74 Å². The molecule has 1 aliphatic carbocycles. The van der Waals surface area contributed by atoms with Gasteiger partial charge in [0.2, 0.25) is 0 Å². The van der Waals surface area contributed by atoms with Gasteiger partial charge in [0.25, 0.3) is 0 Å². The van der Waals surface area contributed by atoms with Crippen LogP contribution in [-0.4, -0.2) is 46.2 Å². The fraction of sp³-hybridized carbons (Fsp3) is 0.654. The van der Waals surface area contributed by atoms with Crippen LogP contribution >= 0.6 is 0 Å². The predicted molar refractivity (Wildman–Crippen MR) is 122 cm³/mol. The molecule has 0 heterocycles. The Morgan fingerprint density at radius 1 is 1.13 bits per heavy atom. The molecule has 5 atom stereocenters. The van der Waals surface area contributed by atoms with Crippen molar-refractivity contribution in [2.75, 3.05) is 6.61 Å². The molecule has 0 amide bonds. The number of rotatable bonds is 14. The number of hydrogen-bond donors (Lipinski definition) is 3. The van der Waals surface area contributed by atoms with Crippen molar-refractivity contribution < 1.29 is 24.9 Å². The van der Waals surface area contributed by atoms with Gasteiger partial charge in [-0.15, -0.1) is 0 Å². The Kier molecular flexibility index (Phi) is 11.9. The van der Waals surface area contributed by atoms with Crippen molar-refractivity contribution in [2.45, 2.75) is 89.4 Å². The van der Waals surface area contributed by atoms with E-state index < -0.39 is 18.3 Å². The van der Waals surface area contributed by atoms with E-state index in [2.05, 4.69) is 24.3 Å². The van der Waals surface area contributed by atoms with Crippen LogP contribution in [0.15, 0.2) is 42.5 Å². The molecule has 0 unspecified atom stereocenters. The second-order valence-electron chi connectivity index (χ2n) is 8.77. The lowest BCUT2D eigenvalue weighted by Gasteiger charge is -2.23. The summed E-state index contributed by atoms with van der Waals surface area (Å²) >= 11 is 0. The summed E-state index contributed by atoms with van der Waals surface area (Å²) in [5.41, 5.74) is 1.22. The number of esters is 1. The third-order valence-electron chi connectivity index (χ3n) is 6.26. The quantitative estimate of drug-likeness (QED) is 0.233. The summed E-state index contributed by atoms with van der Waals surface area (Å²) in [7, 11) is 0. The van der Waals surface area contributed by atoms with Crippen molar-refractivity contribution in [1.82, 2.24) is 0 Å². The number of hydrogen-bond acceptors (Lipinski definition) is 5. The maximum Gasteiger partial charge on any atom is 0.305 e. The minimum atomic E-state index is -0.511. The molecule has 2 rings (SSSR count). The van der Waals surface area contributed by atoms with Gasteiger partial charge in [0.15, 0.2) is 0 Å². The lowest BCUT2D eigenvalue weighted by atomic mass is 9.85. The van der Waals surface area contributed by atoms with Crippen LogP contribution in [0.4, 0.5) is 0 Å². The number of benzene rings is 1. The van der Waals surface area contributed by atoms with Gasteiger partial charge in [-0.1, -0.05) is 49.4 Å². The summed E-state index contributed by atoms with van der Waals surface area (Å²) in [5.74, 6) is -0.118. The molecule has 1 fully saturated rings. The first-order valence-corrected chi connectivity index (χ1v) is 11.9. The molecule has 0 aliphatic heterocycles. The molecule has 1 aromatic rings. The molecule has 0 saturated heterocycles. The van der Waals surface area contributed by atoms with E-state index >= 15 is 0 Å². The Morgan fingerprint density at radius 3 is 2.61 bits per heavy atom. The van der Waals surface area contributed by atoms with E-state index in [0.717, 1.165) is 32.1 Å². The van der Waals surface area contributed by atoms with Crippen LogP contribution in [-0.2, 0) is 16.0 Å². The number of allylic oxidation sites excluding steroid dienone is 2. The topological polar surface area (TPSA) is 87.0 Å². The number of unbranched alkanes of at least 4 members (excludes halogenated alkanes) is 1. The van der Waals surface area contributed by atoms with Gasteiger partial charge in [0.1, 0.15) is 0 Å². The van der Waals surface area contributed by atoms with E-state index in [-0.39, 0.29) is 17.8 Å². The molecule has 0 aromatic heterocycles. The smallest absolute Gasteiger partial charge is 0.305 e. The van der Waals surface area contributed by atoms with Crippen LogP contribution < -0.4 is 0 Å². The largest absolute Gasteiger partial charge is 0.466 e. The Balaban J connectivity index is 1.69. The van der Waals surface area contributed by atoms with Gasteiger partial charge >= 0.3 is 5.97 Å². The fourth-order valence-electron chi connectivity index (χ4n) is 4.44. The first kappa shape index (κ1) is 25.6. The van der Waals surface area contributed by atoms with Crippen molar-refractivity contribution in [3.05, 3.63) is 48.0 Å². The Hall–Kier alpha value is -1.69.